The fraction of sp³-hybridized carbons (Fsp3) is 0.235. The molecule has 1 aromatic carbocycles. The fourth-order valence-corrected chi connectivity index (χ4v) is 2.43. The Hall–Kier alpha value is -3.09. The van der Waals surface area contributed by atoms with E-state index >= 15 is 0 Å². The van der Waals surface area contributed by atoms with Crippen molar-refractivity contribution in [2.24, 2.45) is 0 Å². The van der Waals surface area contributed by atoms with Crippen LogP contribution in [0.3, 0.4) is 0 Å². The number of rotatable bonds is 6. The molecule has 7 nitrogen and oxygen atoms in total. The quantitative estimate of drug-likeness (QED) is 0.729. The van der Waals surface area contributed by atoms with Crippen LogP contribution >= 0.6 is 0 Å². The van der Waals surface area contributed by atoms with Crippen LogP contribution in [0.5, 0.6) is 0 Å². The molecule has 0 spiro atoms. The molecule has 0 aliphatic heterocycles. The van der Waals surface area contributed by atoms with Crippen molar-refractivity contribution in [2.75, 3.05) is 6.54 Å². The molecule has 0 aliphatic rings. The monoisotopic (exact) mass is 324 g/mol. The predicted molar refractivity (Wildman–Crippen MR) is 90.7 cm³/mol. The SMILES string of the molecule is CC(NC(=O)NCCn1cccc1)c1cccc(-n2cncn2)c1. The summed E-state index contributed by atoms with van der Waals surface area (Å²) in [6.07, 6.45) is 7.08. The zero-order chi connectivity index (χ0) is 16.8. The van der Waals surface area contributed by atoms with Crippen molar-refractivity contribution in [3.8, 4) is 5.69 Å². The summed E-state index contributed by atoms with van der Waals surface area (Å²) in [4.78, 5) is 16.0. The number of carbonyl (C=O) groups is 1. The highest BCUT2D eigenvalue weighted by molar-refractivity contribution is 5.74. The van der Waals surface area contributed by atoms with Crippen LogP contribution in [-0.4, -0.2) is 31.9 Å². The van der Waals surface area contributed by atoms with E-state index in [1.165, 1.54) is 6.33 Å². The molecule has 0 radical (unpaired) electrons. The first-order valence-electron chi connectivity index (χ1n) is 7.82. The molecule has 124 valence electrons. The Bertz CT molecular complexity index is 766. The Morgan fingerprint density at radius 1 is 1.25 bits per heavy atom. The van der Waals surface area contributed by atoms with Crippen molar-refractivity contribution in [3.63, 3.8) is 0 Å². The summed E-state index contributed by atoms with van der Waals surface area (Å²) in [6.45, 7) is 3.27. The van der Waals surface area contributed by atoms with Crippen LogP contribution in [0.4, 0.5) is 4.79 Å². The third-order valence-electron chi connectivity index (χ3n) is 3.72. The highest BCUT2D eigenvalue weighted by atomic mass is 16.2. The molecular weight excluding hydrogens is 304 g/mol. The Labute approximate surface area is 140 Å². The summed E-state index contributed by atoms with van der Waals surface area (Å²) in [7, 11) is 0. The van der Waals surface area contributed by atoms with E-state index < -0.39 is 0 Å². The lowest BCUT2D eigenvalue weighted by molar-refractivity contribution is 0.237. The second-order valence-corrected chi connectivity index (χ2v) is 5.48. The molecule has 0 fully saturated rings. The first kappa shape index (κ1) is 15.8. The summed E-state index contributed by atoms with van der Waals surface area (Å²) in [5, 5.41) is 9.93. The number of hydrogen-bond donors (Lipinski definition) is 2. The van der Waals surface area contributed by atoms with Gasteiger partial charge in [0.25, 0.3) is 0 Å². The van der Waals surface area contributed by atoms with Crippen LogP contribution in [0.25, 0.3) is 5.69 Å². The van der Waals surface area contributed by atoms with Crippen molar-refractivity contribution < 1.29 is 4.79 Å². The summed E-state index contributed by atoms with van der Waals surface area (Å²) in [5.41, 5.74) is 1.91. The van der Waals surface area contributed by atoms with Crippen LogP contribution in [-0.2, 0) is 6.54 Å². The molecule has 2 heterocycles. The van der Waals surface area contributed by atoms with Crippen molar-refractivity contribution in [1.29, 1.82) is 0 Å². The third-order valence-corrected chi connectivity index (χ3v) is 3.72. The van der Waals surface area contributed by atoms with Crippen molar-refractivity contribution >= 4 is 6.03 Å². The number of aromatic nitrogens is 4. The Morgan fingerprint density at radius 3 is 2.83 bits per heavy atom. The molecular formula is C17H20N6O. The maximum Gasteiger partial charge on any atom is 0.315 e. The smallest absolute Gasteiger partial charge is 0.315 e. The Morgan fingerprint density at radius 2 is 2.08 bits per heavy atom. The van der Waals surface area contributed by atoms with Crippen LogP contribution in [0.15, 0.2) is 61.4 Å². The summed E-state index contributed by atoms with van der Waals surface area (Å²) in [6, 6.07) is 11.5. The van der Waals surface area contributed by atoms with Gasteiger partial charge in [0, 0.05) is 25.5 Å². The minimum atomic E-state index is -0.180. The summed E-state index contributed by atoms with van der Waals surface area (Å²) in [5.74, 6) is 0. The molecule has 3 aromatic rings. The molecule has 0 saturated heterocycles. The minimum absolute atomic E-state index is 0.111. The standard InChI is InChI=1S/C17H20N6O/c1-14(21-17(24)19-7-10-22-8-2-3-9-22)15-5-4-6-16(11-15)23-13-18-12-20-23/h2-6,8-9,11-14H,7,10H2,1H3,(H2,19,21,24). The maximum atomic E-state index is 12.0. The first-order chi connectivity index (χ1) is 11.7. The van der Waals surface area contributed by atoms with Gasteiger partial charge in [0.15, 0.2) is 0 Å². The average Bonchev–Trinajstić information content (AvgIpc) is 3.29. The van der Waals surface area contributed by atoms with Gasteiger partial charge in [0.05, 0.1) is 11.7 Å². The Kier molecular flexibility index (Phi) is 4.90. The van der Waals surface area contributed by atoms with Crippen LogP contribution in [0, 0.1) is 0 Å². The largest absolute Gasteiger partial charge is 0.353 e. The second-order valence-electron chi connectivity index (χ2n) is 5.48. The van der Waals surface area contributed by atoms with Gasteiger partial charge >= 0.3 is 6.03 Å². The van der Waals surface area contributed by atoms with Gasteiger partial charge < -0.3 is 15.2 Å². The van der Waals surface area contributed by atoms with Gasteiger partial charge in [0.2, 0.25) is 0 Å². The number of hydrogen-bond acceptors (Lipinski definition) is 3. The zero-order valence-electron chi connectivity index (χ0n) is 13.5. The van der Waals surface area contributed by atoms with E-state index in [-0.39, 0.29) is 12.1 Å². The van der Waals surface area contributed by atoms with Crippen molar-refractivity contribution in [2.45, 2.75) is 19.5 Å². The average molecular weight is 324 g/mol. The van der Waals surface area contributed by atoms with Gasteiger partial charge in [-0.2, -0.15) is 5.10 Å². The van der Waals surface area contributed by atoms with Gasteiger partial charge in [-0.05, 0) is 36.8 Å². The molecule has 0 bridgehead atoms. The summed E-state index contributed by atoms with van der Waals surface area (Å²) >= 11 is 0. The number of urea groups is 1. The molecule has 0 saturated carbocycles. The minimum Gasteiger partial charge on any atom is -0.353 e. The third kappa shape index (κ3) is 4.01. The molecule has 1 unspecified atom stereocenters. The number of carbonyl (C=O) groups excluding carboxylic acids is 1. The molecule has 2 amide bonds. The normalized spacial score (nSPS) is 11.9. The molecule has 7 heteroatoms. The number of benzene rings is 1. The van der Waals surface area contributed by atoms with E-state index in [9.17, 15) is 4.79 Å². The molecule has 2 N–H and O–H groups in total. The van der Waals surface area contributed by atoms with Crippen molar-refractivity contribution in [1.82, 2.24) is 30.0 Å². The van der Waals surface area contributed by atoms with E-state index in [4.69, 9.17) is 0 Å². The highest BCUT2D eigenvalue weighted by Gasteiger charge is 2.10. The van der Waals surface area contributed by atoms with Crippen molar-refractivity contribution in [3.05, 3.63) is 67.0 Å². The molecule has 1 atom stereocenters. The molecule has 2 aromatic heterocycles. The second kappa shape index (κ2) is 7.45. The van der Waals surface area contributed by atoms with Gasteiger partial charge in [0.1, 0.15) is 12.7 Å². The lowest BCUT2D eigenvalue weighted by Gasteiger charge is -2.16. The van der Waals surface area contributed by atoms with Gasteiger partial charge in [-0.3, -0.25) is 0 Å². The number of amides is 2. The maximum absolute atomic E-state index is 12.0. The molecule has 24 heavy (non-hydrogen) atoms. The zero-order valence-corrected chi connectivity index (χ0v) is 13.5. The highest BCUT2D eigenvalue weighted by Crippen LogP contribution is 2.16. The number of nitrogens with zero attached hydrogens (tertiary/aromatic N) is 4. The lowest BCUT2D eigenvalue weighted by Crippen LogP contribution is -2.38. The first-order valence-corrected chi connectivity index (χ1v) is 7.82. The van der Waals surface area contributed by atoms with Gasteiger partial charge in [-0.15, -0.1) is 0 Å². The predicted octanol–water partition coefficient (Wildman–Crippen LogP) is 2.13. The van der Waals surface area contributed by atoms with Gasteiger partial charge in [-0.25, -0.2) is 14.5 Å². The molecule has 0 aliphatic carbocycles. The fourth-order valence-electron chi connectivity index (χ4n) is 2.43. The molecule has 3 rings (SSSR count). The van der Waals surface area contributed by atoms with E-state index in [0.717, 1.165) is 17.8 Å². The van der Waals surface area contributed by atoms with Crippen LogP contribution < -0.4 is 10.6 Å². The Balaban J connectivity index is 1.53. The summed E-state index contributed by atoms with van der Waals surface area (Å²) < 4.78 is 3.71. The van der Waals surface area contributed by atoms with Gasteiger partial charge in [-0.1, -0.05) is 12.1 Å². The van der Waals surface area contributed by atoms with Crippen LogP contribution in [0.1, 0.15) is 18.5 Å². The van der Waals surface area contributed by atoms with E-state index in [1.807, 2.05) is 60.3 Å². The lowest BCUT2D eigenvalue weighted by atomic mass is 10.1. The van der Waals surface area contributed by atoms with Crippen LogP contribution in [0.2, 0.25) is 0 Å². The topological polar surface area (TPSA) is 76.8 Å². The number of nitrogens with one attached hydrogen (secondary N) is 2. The van der Waals surface area contributed by atoms with E-state index in [2.05, 4.69) is 20.7 Å². The van der Waals surface area contributed by atoms with E-state index in [0.29, 0.717) is 6.54 Å². The van der Waals surface area contributed by atoms with E-state index in [1.54, 1.807) is 11.0 Å².